The van der Waals surface area contributed by atoms with Gasteiger partial charge in [-0.25, -0.2) is 4.39 Å². The van der Waals surface area contributed by atoms with Crippen LogP contribution in [0.4, 0.5) is 23.2 Å². The van der Waals surface area contributed by atoms with Crippen LogP contribution in [0.3, 0.4) is 0 Å². The maximum atomic E-state index is 13.0. The van der Waals surface area contributed by atoms with Crippen molar-refractivity contribution in [3.05, 3.63) is 64.4 Å². The molecule has 106 valence electrons. The van der Waals surface area contributed by atoms with Gasteiger partial charge in [0.15, 0.2) is 0 Å². The lowest BCUT2D eigenvalue weighted by molar-refractivity contribution is -0.138. The maximum Gasteiger partial charge on any atom is 0.416 e. The van der Waals surface area contributed by atoms with Gasteiger partial charge in [0, 0.05) is 17.3 Å². The predicted octanol–water partition coefficient (Wildman–Crippen LogP) is 5.11. The van der Waals surface area contributed by atoms with E-state index in [2.05, 4.69) is 5.32 Å². The number of hydrogen-bond donors (Lipinski definition) is 1. The molecule has 0 heterocycles. The molecule has 2 aromatic rings. The van der Waals surface area contributed by atoms with Crippen molar-refractivity contribution in [2.45, 2.75) is 12.7 Å². The first-order valence-corrected chi connectivity index (χ1v) is 6.09. The van der Waals surface area contributed by atoms with Crippen molar-refractivity contribution < 1.29 is 17.6 Å². The van der Waals surface area contributed by atoms with Crippen LogP contribution in [-0.2, 0) is 12.7 Å². The second kappa shape index (κ2) is 5.71. The number of nitrogens with one attached hydrogen (secondary N) is 1. The van der Waals surface area contributed by atoms with Gasteiger partial charge in [-0.05, 0) is 42.0 Å². The second-order valence-electron chi connectivity index (χ2n) is 4.16. The number of halogens is 5. The highest BCUT2D eigenvalue weighted by Crippen LogP contribution is 2.32. The number of anilines is 1. The molecule has 0 bridgehead atoms. The van der Waals surface area contributed by atoms with Crippen LogP contribution >= 0.6 is 11.6 Å². The summed E-state index contributed by atoms with van der Waals surface area (Å²) in [4.78, 5) is 0. The fourth-order valence-corrected chi connectivity index (χ4v) is 1.86. The van der Waals surface area contributed by atoms with Gasteiger partial charge in [0.05, 0.1) is 5.56 Å². The molecule has 0 unspecified atom stereocenters. The molecular formula is C14H10ClF4N. The maximum absolute atomic E-state index is 13.0. The van der Waals surface area contributed by atoms with E-state index < -0.39 is 17.6 Å². The van der Waals surface area contributed by atoms with Gasteiger partial charge < -0.3 is 5.32 Å². The van der Waals surface area contributed by atoms with Crippen molar-refractivity contribution in [3.8, 4) is 0 Å². The van der Waals surface area contributed by atoms with Crippen molar-refractivity contribution in [2.24, 2.45) is 0 Å². The van der Waals surface area contributed by atoms with Crippen LogP contribution < -0.4 is 5.32 Å². The van der Waals surface area contributed by atoms with Crippen LogP contribution in [0, 0.1) is 5.82 Å². The topological polar surface area (TPSA) is 12.0 Å². The van der Waals surface area contributed by atoms with Crippen LogP contribution in [-0.4, -0.2) is 0 Å². The molecular weight excluding hydrogens is 294 g/mol. The molecule has 0 spiro atoms. The lowest BCUT2D eigenvalue weighted by Gasteiger charge is -2.14. The van der Waals surface area contributed by atoms with Crippen LogP contribution in [0.2, 0.25) is 5.02 Å². The molecule has 1 nitrogen and oxygen atoms in total. The predicted molar refractivity (Wildman–Crippen MR) is 70.2 cm³/mol. The van der Waals surface area contributed by atoms with Gasteiger partial charge in [-0.1, -0.05) is 17.7 Å². The zero-order valence-electron chi connectivity index (χ0n) is 10.1. The highest BCUT2D eigenvalue weighted by atomic mass is 35.5. The third kappa shape index (κ3) is 3.63. The standard InChI is InChI=1S/C14H10ClF4N/c15-10-2-5-12(6-3-10)20-8-9-1-4-11(16)7-13(9)14(17,18)19/h1-7,20H,8H2. The Morgan fingerprint density at radius 3 is 2.25 bits per heavy atom. The number of alkyl halides is 3. The molecule has 0 aliphatic rings. The lowest BCUT2D eigenvalue weighted by Crippen LogP contribution is -2.12. The minimum Gasteiger partial charge on any atom is -0.381 e. The molecule has 6 heteroatoms. The molecule has 0 radical (unpaired) electrons. The minimum absolute atomic E-state index is 0.0196. The Hall–Kier alpha value is -1.75. The molecule has 0 saturated carbocycles. The normalized spacial score (nSPS) is 11.4. The smallest absolute Gasteiger partial charge is 0.381 e. The van der Waals surface area contributed by atoms with E-state index in [1.54, 1.807) is 24.3 Å². The quantitative estimate of drug-likeness (QED) is 0.777. The van der Waals surface area contributed by atoms with Crippen LogP contribution in [0.25, 0.3) is 0 Å². The van der Waals surface area contributed by atoms with Crippen molar-refractivity contribution in [3.63, 3.8) is 0 Å². The summed E-state index contributed by atoms with van der Waals surface area (Å²) in [5.74, 6) is -0.910. The molecule has 1 N–H and O–H groups in total. The van der Waals surface area contributed by atoms with E-state index in [4.69, 9.17) is 11.6 Å². The summed E-state index contributed by atoms with van der Waals surface area (Å²) >= 11 is 5.71. The summed E-state index contributed by atoms with van der Waals surface area (Å²) in [6, 6.07) is 9.19. The average molecular weight is 304 g/mol. The molecule has 20 heavy (non-hydrogen) atoms. The molecule has 0 amide bonds. The molecule has 0 atom stereocenters. The Morgan fingerprint density at radius 2 is 1.65 bits per heavy atom. The monoisotopic (exact) mass is 303 g/mol. The number of hydrogen-bond acceptors (Lipinski definition) is 1. The molecule has 0 aromatic heterocycles. The summed E-state index contributed by atoms with van der Waals surface area (Å²) in [5, 5.41) is 3.37. The first kappa shape index (κ1) is 14.7. The third-order valence-corrected chi connectivity index (χ3v) is 2.96. The average Bonchev–Trinajstić information content (AvgIpc) is 2.38. The zero-order chi connectivity index (χ0) is 14.8. The van der Waals surface area contributed by atoms with Gasteiger partial charge in [0.25, 0.3) is 0 Å². The summed E-state index contributed by atoms with van der Waals surface area (Å²) in [5.41, 5.74) is -0.361. The van der Waals surface area contributed by atoms with Crippen molar-refractivity contribution in [1.82, 2.24) is 0 Å². The highest BCUT2D eigenvalue weighted by molar-refractivity contribution is 6.30. The Kier molecular flexibility index (Phi) is 4.18. The van der Waals surface area contributed by atoms with Gasteiger partial charge in [-0.15, -0.1) is 0 Å². The van der Waals surface area contributed by atoms with Crippen molar-refractivity contribution in [2.75, 3.05) is 5.32 Å². The van der Waals surface area contributed by atoms with Gasteiger partial charge in [0.2, 0.25) is 0 Å². The van der Waals surface area contributed by atoms with Gasteiger partial charge in [-0.3, -0.25) is 0 Å². The van der Waals surface area contributed by atoms with Gasteiger partial charge >= 0.3 is 6.18 Å². The minimum atomic E-state index is -4.58. The molecule has 0 saturated heterocycles. The Morgan fingerprint density at radius 1 is 1.00 bits per heavy atom. The Balaban J connectivity index is 2.19. The number of benzene rings is 2. The van der Waals surface area contributed by atoms with E-state index in [1.165, 1.54) is 0 Å². The van der Waals surface area contributed by atoms with E-state index in [0.29, 0.717) is 16.8 Å². The zero-order valence-corrected chi connectivity index (χ0v) is 10.9. The third-order valence-electron chi connectivity index (χ3n) is 2.70. The molecule has 0 aliphatic heterocycles. The van der Waals surface area contributed by atoms with Gasteiger partial charge in [0.1, 0.15) is 5.82 Å². The number of rotatable bonds is 3. The molecule has 0 aliphatic carbocycles. The van der Waals surface area contributed by atoms with Crippen molar-refractivity contribution in [1.29, 1.82) is 0 Å². The van der Waals surface area contributed by atoms with Crippen molar-refractivity contribution >= 4 is 17.3 Å². The molecule has 2 rings (SSSR count). The van der Waals surface area contributed by atoms with E-state index in [9.17, 15) is 17.6 Å². The Bertz CT molecular complexity index is 593. The van der Waals surface area contributed by atoms with Crippen LogP contribution in [0.1, 0.15) is 11.1 Å². The van der Waals surface area contributed by atoms with E-state index >= 15 is 0 Å². The fourth-order valence-electron chi connectivity index (χ4n) is 1.73. The SMILES string of the molecule is Fc1ccc(CNc2ccc(Cl)cc2)c(C(F)(F)F)c1. The fraction of sp³-hybridized carbons (Fsp3) is 0.143. The second-order valence-corrected chi connectivity index (χ2v) is 4.60. The largest absolute Gasteiger partial charge is 0.416 e. The van der Waals surface area contributed by atoms with E-state index in [0.717, 1.165) is 12.1 Å². The Labute approximate surface area is 118 Å². The van der Waals surface area contributed by atoms with Crippen LogP contribution in [0.5, 0.6) is 0 Å². The highest BCUT2D eigenvalue weighted by Gasteiger charge is 2.33. The summed E-state index contributed by atoms with van der Waals surface area (Å²) < 4.78 is 51.3. The first-order chi connectivity index (χ1) is 9.36. The lowest BCUT2D eigenvalue weighted by atomic mass is 10.1. The van der Waals surface area contributed by atoms with E-state index in [-0.39, 0.29) is 12.1 Å². The van der Waals surface area contributed by atoms with Crippen LogP contribution in [0.15, 0.2) is 42.5 Å². The molecule has 0 fully saturated rings. The first-order valence-electron chi connectivity index (χ1n) is 5.71. The summed E-state index contributed by atoms with van der Waals surface area (Å²) in [7, 11) is 0. The summed E-state index contributed by atoms with van der Waals surface area (Å²) in [6.07, 6.45) is -4.58. The summed E-state index contributed by atoms with van der Waals surface area (Å²) in [6.45, 7) is -0.0588. The van der Waals surface area contributed by atoms with Gasteiger partial charge in [-0.2, -0.15) is 13.2 Å². The molecule has 2 aromatic carbocycles. The van der Waals surface area contributed by atoms with E-state index in [1.807, 2.05) is 0 Å².